The van der Waals surface area contributed by atoms with Crippen molar-refractivity contribution in [1.29, 1.82) is 0 Å². The monoisotopic (exact) mass is 294 g/mol. The molecule has 0 aromatic carbocycles. The number of likely N-dealkylation sites (N-methyl/N-ethyl adjacent to an activating group) is 1. The molecule has 7 heteroatoms. The average Bonchev–Trinajstić information content (AvgIpc) is 2.49. The first kappa shape index (κ1) is 16.7. The Morgan fingerprint density at radius 1 is 1.43 bits per heavy atom. The minimum absolute atomic E-state index is 0.0607. The molecule has 3 N–H and O–H groups in total. The standard InChI is InChI=1S/C14H22N4O3/c1-5-18(6-2)13(19)9(3)17-12-11(14(20)21-4)7-10(15)8-16-12/h7-9H,5-6,15H2,1-4H3,(H,16,17). The maximum Gasteiger partial charge on any atom is 0.341 e. The largest absolute Gasteiger partial charge is 0.465 e. The fraction of sp³-hybridized carbons (Fsp3) is 0.500. The Hall–Kier alpha value is -2.31. The topological polar surface area (TPSA) is 97.5 Å². The molecule has 0 fully saturated rings. The highest BCUT2D eigenvalue weighted by atomic mass is 16.5. The summed E-state index contributed by atoms with van der Waals surface area (Å²) < 4.78 is 4.69. The summed E-state index contributed by atoms with van der Waals surface area (Å²) in [5.74, 6) is -0.335. The maximum absolute atomic E-state index is 12.2. The van der Waals surface area contributed by atoms with Crippen molar-refractivity contribution in [1.82, 2.24) is 9.88 Å². The second kappa shape index (κ2) is 7.47. The number of carbonyl (C=O) groups is 2. The van der Waals surface area contributed by atoms with E-state index in [0.717, 1.165) is 0 Å². The Morgan fingerprint density at radius 3 is 2.57 bits per heavy atom. The smallest absolute Gasteiger partial charge is 0.341 e. The number of carbonyl (C=O) groups excluding carboxylic acids is 2. The molecule has 7 nitrogen and oxygen atoms in total. The van der Waals surface area contributed by atoms with Crippen LogP contribution in [0.2, 0.25) is 0 Å². The lowest BCUT2D eigenvalue weighted by molar-refractivity contribution is -0.131. The average molecular weight is 294 g/mol. The third-order valence-corrected chi connectivity index (χ3v) is 3.11. The van der Waals surface area contributed by atoms with Crippen LogP contribution in [0, 0.1) is 0 Å². The number of esters is 1. The zero-order valence-electron chi connectivity index (χ0n) is 12.8. The molecule has 0 saturated carbocycles. The molecular formula is C14H22N4O3. The van der Waals surface area contributed by atoms with E-state index in [1.165, 1.54) is 19.4 Å². The first-order valence-electron chi connectivity index (χ1n) is 6.83. The van der Waals surface area contributed by atoms with E-state index in [9.17, 15) is 9.59 Å². The highest BCUT2D eigenvalue weighted by molar-refractivity contribution is 5.96. The van der Waals surface area contributed by atoms with Gasteiger partial charge in [0.25, 0.3) is 0 Å². The predicted molar refractivity (Wildman–Crippen MR) is 81.0 cm³/mol. The Kier molecular flexibility index (Phi) is 5.95. The third-order valence-electron chi connectivity index (χ3n) is 3.11. The van der Waals surface area contributed by atoms with E-state index >= 15 is 0 Å². The van der Waals surface area contributed by atoms with E-state index in [1.807, 2.05) is 13.8 Å². The molecule has 0 radical (unpaired) electrons. The molecule has 0 bridgehead atoms. The summed E-state index contributed by atoms with van der Waals surface area (Å²) in [5, 5.41) is 2.94. The summed E-state index contributed by atoms with van der Waals surface area (Å²) >= 11 is 0. The number of nitrogens with zero attached hydrogens (tertiary/aromatic N) is 2. The molecule has 0 aliphatic rings. The first-order chi connectivity index (χ1) is 9.94. The number of nitrogen functional groups attached to an aromatic ring is 1. The summed E-state index contributed by atoms with van der Waals surface area (Å²) in [5.41, 5.74) is 6.18. The fourth-order valence-corrected chi connectivity index (χ4v) is 1.94. The van der Waals surface area contributed by atoms with Gasteiger partial charge < -0.3 is 20.7 Å². The Bertz CT molecular complexity index is 515. The molecule has 0 saturated heterocycles. The normalized spacial score (nSPS) is 11.6. The number of hydrogen-bond acceptors (Lipinski definition) is 6. The number of anilines is 2. The van der Waals surface area contributed by atoms with Gasteiger partial charge in [-0.15, -0.1) is 0 Å². The summed E-state index contributed by atoms with van der Waals surface area (Å²) in [6.45, 7) is 6.80. The number of nitrogens with one attached hydrogen (secondary N) is 1. The zero-order chi connectivity index (χ0) is 16.0. The molecule has 1 rings (SSSR count). The zero-order valence-corrected chi connectivity index (χ0v) is 12.8. The van der Waals surface area contributed by atoms with Gasteiger partial charge in [0.1, 0.15) is 17.4 Å². The van der Waals surface area contributed by atoms with Crippen LogP contribution < -0.4 is 11.1 Å². The highest BCUT2D eigenvalue weighted by Gasteiger charge is 2.21. The van der Waals surface area contributed by atoms with Crippen LogP contribution in [0.5, 0.6) is 0 Å². The maximum atomic E-state index is 12.2. The predicted octanol–water partition coefficient (Wildman–Crippen LogP) is 1.12. The fourth-order valence-electron chi connectivity index (χ4n) is 1.94. The lowest BCUT2D eigenvalue weighted by Gasteiger charge is -2.24. The second-order valence-corrected chi connectivity index (χ2v) is 4.53. The second-order valence-electron chi connectivity index (χ2n) is 4.53. The van der Waals surface area contributed by atoms with Gasteiger partial charge in [-0.2, -0.15) is 0 Å². The van der Waals surface area contributed by atoms with Crippen molar-refractivity contribution in [2.75, 3.05) is 31.2 Å². The van der Waals surface area contributed by atoms with E-state index in [0.29, 0.717) is 18.8 Å². The van der Waals surface area contributed by atoms with Crippen molar-refractivity contribution in [3.05, 3.63) is 17.8 Å². The molecule has 0 spiro atoms. The third kappa shape index (κ3) is 4.08. The van der Waals surface area contributed by atoms with Gasteiger partial charge in [-0.1, -0.05) is 0 Å². The van der Waals surface area contributed by atoms with Gasteiger partial charge in [-0.05, 0) is 26.8 Å². The summed E-state index contributed by atoms with van der Waals surface area (Å²) in [4.78, 5) is 29.7. The van der Waals surface area contributed by atoms with Crippen LogP contribution in [0.15, 0.2) is 12.3 Å². The van der Waals surface area contributed by atoms with Crippen LogP contribution in [0.25, 0.3) is 0 Å². The van der Waals surface area contributed by atoms with Crippen LogP contribution in [-0.2, 0) is 9.53 Å². The molecule has 0 aliphatic carbocycles. The number of amides is 1. The van der Waals surface area contributed by atoms with Crippen LogP contribution in [0.4, 0.5) is 11.5 Å². The van der Waals surface area contributed by atoms with E-state index in [4.69, 9.17) is 10.5 Å². The summed E-state index contributed by atoms with van der Waals surface area (Å²) in [7, 11) is 1.28. The van der Waals surface area contributed by atoms with Gasteiger partial charge in [0.2, 0.25) is 5.91 Å². The Morgan fingerprint density at radius 2 is 2.05 bits per heavy atom. The van der Waals surface area contributed by atoms with E-state index in [-0.39, 0.29) is 17.3 Å². The van der Waals surface area contributed by atoms with E-state index in [1.54, 1.807) is 11.8 Å². The van der Waals surface area contributed by atoms with Crippen LogP contribution in [-0.4, -0.2) is 48.0 Å². The highest BCUT2D eigenvalue weighted by Crippen LogP contribution is 2.18. The molecule has 116 valence electrons. The quantitative estimate of drug-likeness (QED) is 0.763. The summed E-state index contributed by atoms with van der Waals surface area (Å²) in [6.07, 6.45) is 1.42. The van der Waals surface area contributed by atoms with Gasteiger partial charge >= 0.3 is 5.97 Å². The molecule has 1 heterocycles. The lowest BCUT2D eigenvalue weighted by atomic mass is 10.2. The number of nitrogens with two attached hydrogens (primary N) is 1. The minimum atomic E-state index is -0.556. The molecule has 1 aromatic rings. The van der Waals surface area contributed by atoms with Gasteiger partial charge in [0.15, 0.2) is 0 Å². The molecule has 1 aromatic heterocycles. The van der Waals surface area contributed by atoms with Crippen molar-refractivity contribution < 1.29 is 14.3 Å². The number of methoxy groups -OCH3 is 1. The van der Waals surface area contributed by atoms with Crippen molar-refractivity contribution in [3.63, 3.8) is 0 Å². The van der Waals surface area contributed by atoms with E-state index < -0.39 is 12.0 Å². The molecule has 1 amide bonds. The van der Waals surface area contributed by atoms with Gasteiger partial charge in [0.05, 0.1) is 19.0 Å². The SMILES string of the molecule is CCN(CC)C(=O)C(C)Nc1ncc(N)cc1C(=O)OC. The number of hydrogen-bond donors (Lipinski definition) is 2. The molecular weight excluding hydrogens is 272 g/mol. The van der Waals surface area contributed by atoms with Crippen molar-refractivity contribution >= 4 is 23.4 Å². The van der Waals surface area contributed by atoms with E-state index in [2.05, 4.69) is 10.3 Å². The number of ether oxygens (including phenoxy) is 1. The number of pyridine rings is 1. The van der Waals surface area contributed by atoms with Crippen molar-refractivity contribution in [2.24, 2.45) is 0 Å². The Labute approximate surface area is 124 Å². The molecule has 0 aliphatic heterocycles. The molecule has 1 unspecified atom stereocenters. The number of aromatic nitrogens is 1. The van der Waals surface area contributed by atoms with Crippen LogP contribution >= 0.6 is 0 Å². The van der Waals surface area contributed by atoms with Crippen molar-refractivity contribution in [2.45, 2.75) is 26.8 Å². The molecule has 1 atom stereocenters. The van der Waals surface area contributed by atoms with Gasteiger partial charge in [-0.25, -0.2) is 9.78 Å². The Balaban J connectivity index is 2.97. The molecule has 21 heavy (non-hydrogen) atoms. The van der Waals surface area contributed by atoms with Gasteiger partial charge in [0, 0.05) is 13.1 Å². The van der Waals surface area contributed by atoms with Crippen LogP contribution in [0.1, 0.15) is 31.1 Å². The number of rotatable bonds is 6. The summed E-state index contributed by atoms with van der Waals surface area (Å²) in [6, 6.07) is 0.958. The minimum Gasteiger partial charge on any atom is -0.465 e. The first-order valence-corrected chi connectivity index (χ1v) is 6.83. The van der Waals surface area contributed by atoms with Gasteiger partial charge in [-0.3, -0.25) is 4.79 Å². The lowest BCUT2D eigenvalue weighted by Crippen LogP contribution is -2.41. The van der Waals surface area contributed by atoms with Crippen molar-refractivity contribution in [3.8, 4) is 0 Å². The van der Waals surface area contributed by atoms with Crippen LogP contribution in [0.3, 0.4) is 0 Å².